The number of hydrogen-bond acceptors (Lipinski definition) is 14. The zero-order chi connectivity index (χ0) is 45.8. The second kappa shape index (κ2) is 20.8. The molecule has 21 heteroatoms. The van der Waals surface area contributed by atoms with Crippen LogP contribution in [0.15, 0.2) is 36.8 Å². The van der Waals surface area contributed by atoms with Crippen LogP contribution in [0.1, 0.15) is 40.0 Å². The molecule has 0 unspecified atom stereocenters. The maximum atomic E-state index is 13.0. The predicted molar refractivity (Wildman–Crippen MR) is 251 cm³/mol. The number of β-amino-alcohol motifs (C(OH)–C–C–N with tert-alkyl or cyclic N) is 1. The van der Waals surface area contributed by atoms with Crippen LogP contribution in [-0.4, -0.2) is 150 Å². The Morgan fingerprint density at radius 1 is 0.703 bits per heavy atom. The molecule has 0 radical (unpaired) electrons. The number of halogens is 3. The average Bonchev–Trinajstić information content (AvgIpc) is 3.53. The molecule has 3 amide bonds. The largest absolute Gasteiger partial charge is 0.415 e. The molecule has 6 aliphatic heterocycles. The van der Waals surface area contributed by atoms with Gasteiger partial charge in [-0.05, 0) is 36.3 Å². The molecule has 0 bridgehead atoms. The van der Waals surface area contributed by atoms with Gasteiger partial charge in [0.2, 0.25) is 17.7 Å². The highest BCUT2D eigenvalue weighted by Gasteiger charge is 2.40. The van der Waals surface area contributed by atoms with E-state index in [2.05, 4.69) is 68.8 Å². The standard InChI is InChI=1S/C19H30ClN3O3Si.C13H16ClN3O3.C11H12ClN3O2/c1-19(2,3)27(4,5)26-9-7-23-17(24)11-15-13-25-8-6-22(15)16-10-14(20)12-21-18(16)23;14-9-5-11-13(15-7-9)17(1-3-18)12(19)6-10-8-20-4-2-16(10)11;12-7-3-9-11(13-5-7)14-10(16)4-8-6-17-2-1-15(8)9/h10,12,15H,6-9,11,13H2,1-5H3;5,7,10,18H,1-4,6,8H2;3,5,8H,1-2,4,6H2,(H,13,14,16)/t15-;10-;8-/m111/s1. The van der Waals surface area contributed by atoms with Crippen molar-refractivity contribution in [3.05, 3.63) is 51.9 Å². The van der Waals surface area contributed by atoms with E-state index in [-0.39, 0.29) is 54.0 Å². The summed E-state index contributed by atoms with van der Waals surface area (Å²) in [6.45, 7) is 18.0. The lowest BCUT2D eigenvalue weighted by Gasteiger charge is -2.36. The highest BCUT2D eigenvalue weighted by atomic mass is 35.5. The van der Waals surface area contributed by atoms with Gasteiger partial charge in [0, 0.05) is 64.0 Å². The zero-order valence-corrected chi connectivity index (χ0v) is 40.3. The number of nitrogens with zero attached hydrogens (tertiary/aromatic N) is 8. The molecule has 0 aromatic carbocycles. The van der Waals surface area contributed by atoms with Crippen LogP contribution in [-0.2, 0) is 33.0 Å². The summed E-state index contributed by atoms with van der Waals surface area (Å²) < 4.78 is 22.8. The Bertz CT molecular complexity index is 2170. The Balaban J connectivity index is 0.000000148. The fourth-order valence-corrected chi connectivity index (χ4v) is 9.77. The van der Waals surface area contributed by atoms with Gasteiger partial charge in [0.1, 0.15) is 0 Å². The molecule has 3 fully saturated rings. The van der Waals surface area contributed by atoms with Gasteiger partial charge in [0.15, 0.2) is 25.8 Å². The number of pyridine rings is 3. The van der Waals surface area contributed by atoms with Crippen molar-refractivity contribution in [1.82, 2.24) is 15.0 Å². The van der Waals surface area contributed by atoms with Crippen LogP contribution in [0.25, 0.3) is 0 Å². The molecule has 9 heterocycles. The Kier molecular flexibility index (Phi) is 15.6. The van der Waals surface area contributed by atoms with Gasteiger partial charge in [-0.3, -0.25) is 24.2 Å². The minimum Gasteiger partial charge on any atom is -0.415 e. The van der Waals surface area contributed by atoms with Crippen molar-refractivity contribution in [3.8, 4) is 0 Å². The number of rotatable bonds is 6. The van der Waals surface area contributed by atoms with Crippen LogP contribution in [0.3, 0.4) is 0 Å². The summed E-state index contributed by atoms with van der Waals surface area (Å²) in [5, 5.41) is 13.8. The molecular weight excluding hydrogens is 905 g/mol. The number of aromatic nitrogens is 3. The van der Waals surface area contributed by atoms with Crippen LogP contribution in [0.2, 0.25) is 33.2 Å². The molecule has 0 aliphatic carbocycles. The number of hydrogen-bond donors (Lipinski definition) is 2. The van der Waals surface area contributed by atoms with E-state index in [1.807, 2.05) is 18.2 Å². The monoisotopic (exact) mass is 961 g/mol. The van der Waals surface area contributed by atoms with Gasteiger partial charge in [-0.2, -0.15) is 0 Å². The maximum absolute atomic E-state index is 13.0. The summed E-state index contributed by atoms with van der Waals surface area (Å²) >= 11 is 18.2. The number of fused-ring (bicyclic) bond motifs is 9. The van der Waals surface area contributed by atoms with Gasteiger partial charge in [0.05, 0.1) is 110 Å². The third kappa shape index (κ3) is 11.0. The van der Waals surface area contributed by atoms with Crippen LogP contribution in [0, 0.1) is 0 Å². The molecule has 64 heavy (non-hydrogen) atoms. The summed E-state index contributed by atoms with van der Waals surface area (Å²) in [5.41, 5.74) is 2.63. The summed E-state index contributed by atoms with van der Waals surface area (Å²) in [6.07, 6.45) is 5.87. The number of aliphatic hydroxyl groups excluding tert-OH is 1. The number of morpholine rings is 3. The van der Waals surface area contributed by atoms with Gasteiger partial charge in [0.25, 0.3) is 0 Å². The van der Waals surface area contributed by atoms with Gasteiger partial charge < -0.3 is 43.8 Å². The van der Waals surface area contributed by atoms with Crippen LogP contribution in [0.5, 0.6) is 0 Å². The summed E-state index contributed by atoms with van der Waals surface area (Å²) in [6, 6.07) is 5.67. The first kappa shape index (κ1) is 48.1. The van der Waals surface area contributed by atoms with Crippen LogP contribution >= 0.6 is 34.8 Å². The second-order valence-electron chi connectivity index (χ2n) is 17.9. The first-order valence-corrected chi connectivity index (χ1v) is 25.7. The molecule has 0 spiro atoms. The van der Waals surface area contributed by atoms with Crippen molar-refractivity contribution in [3.63, 3.8) is 0 Å². The van der Waals surface area contributed by atoms with E-state index in [0.717, 1.165) is 30.2 Å². The normalized spacial score (nSPS) is 22.0. The first-order valence-electron chi connectivity index (χ1n) is 21.7. The quantitative estimate of drug-likeness (QED) is 0.290. The van der Waals surface area contributed by atoms with Crippen LogP contribution < -0.4 is 29.8 Å². The van der Waals surface area contributed by atoms with Crippen molar-refractivity contribution in [2.45, 2.75) is 76.3 Å². The Morgan fingerprint density at radius 3 is 1.62 bits per heavy atom. The number of amides is 3. The van der Waals surface area contributed by atoms with E-state index in [0.29, 0.717) is 111 Å². The second-order valence-corrected chi connectivity index (χ2v) is 24.0. The molecule has 3 aromatic heterocycles. The van der Waals surface area contributed by atoms with Crippen molar-refractivity contribution >= 4 is 95.4 Å². The average molecular weight is 963 g/mol. The van der Waals surface area contributed by atoms with Gasteiger partial charge >= 0.3 is 0 Å². The van der Waals surface area contributed by atoms with E-state index < -0.39 is 8.32 Å². The SMILES string of the molecule is CC(C)(C)[Si](C)(C)OCCN1C(=O)C[C@@H]2COCCN2c2cc(Cl)cnc21.O=C1C[C@@H]2COCCN2c2cc(Cl)cnc2N1.O=C1C[C@@H]2COCCN2c2cc(Cl)cnc2N1CCO. The molecule has 3 saturated heterocycles. The number of carbonyl (C=O) groups is 3. The Morgan fingerprint density at radius 2 is 1.14 bits per heavy atom. The first-order chi connectivity index (χ1) is 30.5. The van der Waals surface area contributed by atoms with E-state index in [1.54, 1.807) is 17.3 Å². The minimum absolute atomic E-state index is 0.000963. The topological polar surface area (TPSA) is 175 Å². The molecule has 17 nitrogen and oxygen atoms in total. The van der Waals surface area contributed by atoms with Crippen molar-refractivity contribution in [2.24, 2.45) is 0 Å². The van der Waals surface area contributed by atoms with E-state index in [1.165, 1.54) is 11.1 Å². The highest BCUT2D eigenvalue weighted by Crippen LogP contribution is 2.39. The summed E-state index contributed by atoms with van der Waals surface area (Å²) in [7, 11) is -1.87. The smallest absolute Gasteiger partial charge is 0.230 e. The van der Waals surface area contributed by atoms with Gasteiger partial charge in [-0.1, -0.05) is 55.6 Å². The maximum Gasteiger partial charge on any atom is 0.230 e. The highest BCUT2D eigenvalue weighted by molar-refractivity contribution is 6.74. The lowest BCUT2D eigenvalue weighted by molar-refractivity contribution is -0.120. The molecule has 3 atom stereocenters. The molecule has 6 aliphatic rings. The third-order valence-corrected chi connectivity index (χ3v) is 17.8. The third-order valence-electron chi connectivity index (χ3n) is 12.6. The Labute approximate surface area is 390 Å². The number of nitrogens with one attached hydrogen (secondary N) is 1. The Hall–Kier alpha value is -3.85. The molecule has 348 valence electrons. The molecule has 3 aromatic rings. The van der Waals surface area contributed by atoms with E-state index in [4.69, 9.17) is 53.4 Å². The molecular formula is C43H58Cl3N9O8Si. The van der Waals surface area contributed by atoms with Gasteiger partial charge in [-0.25, -0.2) is 15.0 Å². The lowest BCUT2D eigenvalue weighted by atomic mass is 10.1. The fourth-order valence-electron chi connectivity index (χ4n) is 8.28. The predicted octanol–water partition coefficient (Wildman–Crippen LogP) is 5.65. The fraction of sp³-hybridized carbons (Fsp3) is 0.581. The summed E-state index contributed by atoms with van der Waals surface area (Å²) in [5.74, 6) is 1.81. The van der Waals surface area contributed by atoms with Crippen molar-refractivity contribution in [1.29, 1.82) is 0 Å². The van der Waals surface area contributed by atoms with E-state index >= 15 is 0 Å². The minimum atomic E-state index is -1.87. The van der Waals surface area contributed by atoms with Crippen molar-refractivity contribution in [2.75, 3.05) is 115 Å². The van der Waals surface area contributed by atoms with E-state index in [9.17, 15) is 19.5 Å². The molecule has 9 rings (SSSR count). The number of carbonyl (C=O) groups excluding carboxylic acids is 3. The number of ether oxygens (including phenoxy) is 3. The van der Waals surface area contributed by atoms with Gasteiger partial charge in [-0.15, -0.1) is 0 Å². The zero-order valence-electron chi connectivity index (χ0n) is 37.0. The molecule has 0 saturated carbocycles. The van der Waals surface area contributed by atoms with Crippen LogP contribution in [0.4, 0.5) is 34.5 Å². The number of anilines is 6. The number of aliphatic hydroxyl groups is 1. The summed E-state index contributed by atoms with van der Waals surface area (Å²) in [4.78, 5) is 59.9. The lowest BCUT2D eigenvalue weighted by Crippen LogP contribution is -2.46. The molecule has 2 N–H and O–H groups in total. The van der Waals surface area contributed by atoms with Crippen molar-refractivity contribution < 1.29 is 38.1 Å².